The lowest BCUT2D eigenvalue weighted by atomic mass is 9.90. The van der Waals surface area contributed by atoms with Crippen LogP contribution in [-0.2, 0) is 17.6 Å². The molecule has 4 heterocycles. The molecule has 2 aliphatic rings. The maximum Gasteiger partial charge on any atom is 0.279 e. The fraction of sp³-hybridized carbons (Fsp3) is 0.348. The topological polar surface area (TPSA) is 61.5 Å². The number of anilines is 1. The van der Waals surface area contributed by atoms with Crippen molar-refractivity contribution < 1.29 is 9.72 Å². The Bertz CT molecular complexity index is 1310. The first-order valence-corrected chi connectivity index (χ1v) is 11.4. The second kappa shape index (κ2) is 7.18. The zero-order valence-electron chi connectivity index (χ0n) is 16.7. The van der Waals surface area contributed by atoms with E-state index < -0.39 is 0 Å². The average molecular weight is 420 g/mol. The quantitative estimate of drug-likeness (QED) is 0.501. The largest absolute Gasteiger partial charge is 0.373 e. The van der Waals surface area contributed by atoms with Crippen molar-refractivity contribution in [3.8, 4) is 5.69 Å². The number of para-hydroxylation sites is 1. The van der Waals surface area contributed by atoms with Gasteiger partial charge in [0.25, 0.3) is 11.4 Å². The minimum atomic E-state index is -0.00159. The minimum Gasteiger partial charge on any atom is -0.373 e. The van der Waals surface area contributed by atoms with Crippen LogP contribution in [0.3, 0.4) is 0 Å². The molecule has 0 saturated carbocycles. The van der Waals surface area contributed by atoms with Gasteiger partial charge in [0.1, 0.15) is 29.6 Å². The number of nitrogens with zero attached hydrogens (tertiary/aromatic N) is 3. The normalized spacial score (nSPS) is 16.9. The van der Waals surface area contributed by atoms with Gasteiger partial charge in [-0.15, -0.1) is 0 Å². The van der Waals surface area contributed by atoms with Crippen LogP contribution in [0.2, 0.25) is 0 Å². The molecule has 6 rings (SSSR count). The zero-order chi connectivity index (χ0) is 20.1. The molecule has 0 spiro atoms. The molecule has 152 valence electrons. The maximum atomic E-state index is 13.3. The molecule has 0 radical (unpaired) electrons. The number of benzene rings is 1. The number of hydrogen-bond acceptors (Lipinski definition) is 5. The second-order valence-electron chi connectivity index (χ2n) is 7.98. The fourth-order valence-electron chi connectivity index (χ4n) is 4.79. The van der Waals surface area contributed by atoms with Crippen LogP contribution < -0.4 is 15.4 Å². The molecule has 3 aromatic heterocycles. The van der Waals surface area contributed by atoms with E-state index in [1.807, 2.05) is 30.3 Å². The number of pyridine rings is 1. The predicted octanol–water partition coefficient (Wildman–Crippen LogP) is 3.13. The first-order chi connectivity index (χ1) is 14.8. The molecule has 0 atom stereocenters. The fourth-order valence-corrected chi connectivity index (χ4v) is 5.90. The van der Waals surface area contributed by atoms with Gasteiger partial charge >= 0.3 is 0 Å². The van der Waals surface area contributed by atoms with E-state index in [1.165, 1.54) is 41.1 Å². The second-order valence-corrected chi connectivity index (χ2v) is 9.00. The van der Waals surface area contributed by atoms with Gasteiger partial charge in [0, 0.05) is 5.56 Å². The summed E-state index contributed by atoms with van der Waals surface area (Å²) in [4.78, 5) is 25.3. The van der Waals surface area contributed by atoms with Crippen LogP contribution in [-0.4, -0.2) is 35.9 Å². The standard InChI is InChI=1S/C23H22N4O2S/c28-23-20-19(24-14-27(23)15-6-2-1-3-7-15)18-16-8-4-5-9-17(16)21(25-22(18)30-20)26-10-12-29-13-11-26/h1-3,6-7,14H,4-5,8-13H2/p+1. The minimum absolute atomic E-state index is 0.00159. The molecule has 0 amide bonds. The number of morpholine rings is 1. The van der Waals surface area contributed by atoms with Gasteiger partial charge in [-0.1, -0.05) is 29.5 Å². The van der Waals surface area contributed by atoms with Gasteiger partial charge in [0.2, 0.25) is 0 Å². The summed E-state index contributed by atoms with van der Waals surface area (Å²) in [5.74, 6) is 1.22. The Kier molecular flexibility index (Phi) is 4.32. The number of ether oxygens (including phenoxy) is 1. The van der Waals surface area contributed by atoms with E-state index in [9.17, 15) is 4.79 Å². The Labute approximate surface area is 177 Å². The molecule has 1 aliphatic heterocycles. The Hall–Kier alpha value is -2.77. The van der Waals surface area contributed by atoms with Crippen molar-refractivity contribution >= 4 is 37.6 Å². The highest BCUT2D eigenvalue weighted by molar-refractivity contribution is 7.25. The first kappa shape index (κ1) is 18.0. The third-order valence-corrected chi connectivity index (χ3v) is 7.33. The van der Waals surface area contributed by atoms with Gasteiger partial charge in [-0.3, -0.25) is 14.3 Å². The SMILES string of the molecule is O=c1c2sc3[nH+]c(N4CCOCC4)c4c(c3c2ncn1-c1ccccc1)CCCC4. The van der Waals surface area contributed by atoms with Gasteiger partial charge in [-0.2, -0.15) is 0 Å². The molecule has 6 nitrogen and oxygen atoms in total. The zero-order valence-corrected chi connectivity index (χ0v) is 17.5. The van der Waals surface area contributed by atoms with Gasteiger partial charge in [-0.05, 0) is 43.4 Å². The average Bonchev–Trinajstić information content (AvgIpc) is 3.20. The van der Waals surface area contributed by atoms with Gasteiger partial charge in [0.05, 0.1) is 24.3 Å². The summed E-state index contributed by atoms with van der Waals surface area (Å²) in [5.41, 5.74) is 4.47. The maximum absolute atomic E-state index is 13.3. The number of nitrogens with one attached hydrogen (secondary N) is 1. The number of aryl methyl sites for hydroxylation is 1. The van der Waals surface area contributed by atoms with Crippen molar-refractivity contribution in [3.05, 3.63) is 58.1 Å². The van der Waals surface area contributed by atoms with Crippen LogP contribution in [0.1, 0.15) is 24.0 Å². The molecule has 1 aromatic carbocycles. The van der Waals surface area contributed by atoms with Crippen LogP contribution >= 0.6 is 11.3 Å². The van der Waals surface area contributed by atoms with Gasteiger partial charge in [0.15, 0.2) is 4.83 Å². The highest BCUT2D eigenvalue weighted by atomic mass is 32.1. The summed E-state index contributed by atoms with van der Waals surface area (Å²) in [6.07, 6.45) is 6.20. The number of hydrogen-bond donors (Lipinski definition) is 0. The molecule has 1 fully saturated rings. The van der Waals surface area contributed by atoms with Gasteiger partial charge < -0.3 is 4.74 Å². The molecular formula is C23H23N4O2S+. The summed E-state index contributed by atoms with van der Waals surface area (Å²) in [5, 5.41) is 1.15. The molecule has 1 N–H and O–H groups in total. The molecule has 1 aliphatic carbocycles. The van der Waals surface area contributed by atoms with E-state index in [4.69, 9.17) is 9.72 Å². The Balaban J connectivity index is 1.61. The van der Waals surface area contributed by atoms with Crippen molar-refractivity contribution in [2.24, 2.45) is 0 Å². The van der Waals surface area contributed by atoms with Crippen molar-refractivity contribution in [2.45, 2.75) is 25.7 Å². The lowest BCUT2D eigenvalue weighted by molar-refractivity contribution is -0.328. The van der Waals surface area contributed by atoms with Crippen LogP contribution in [0.15, 0.2) is 41.5 Å². The van der Waals surface area contributed by atoms with Crippen molar-refractivity contribution in [2.75, 3.05) is 31.2 Å². The van der Waals surface area contributed by atoms with Crippen molar-refractivity contribution in [1.29, 1.82) is 0 Å². The molecule has 7 heteroatoms. The molecular weight excluding hydrogens is 396 g/mol. The first-order valence-electron chi connectivity index (χ1n) is 10.6. The van der Waals surface area contributed by atoms with E-state index in [1.54, 1.807) is 10.9 Å². The van der Waals surface area contributed by atoms with Crippen LogP contribution in [0.5, 0.6) is 0 Å². The molecule has 0 unspecified atom stereocenters. The van der Waals surface area contributed by atoms with E-state index in [0.717, 1.165) is 65.3 Å². The van der Waals surface area contributed by atoms with Crippen molar-refractivity contribution in [1.82, 2.24) is 9.55 Å². The summed E-state index contributed by atoms with van der Waals surface area (Å²) in [7, 11) is 0. The molecule has 30 heavy (non-hydrogen) atoms. The molecule has 0 bridgehead atoms. The number of thiophene rings is 1. The Morgan fingerprint density at radius 2 is 1.80 bits per heavy atom. The summed E-state index contributed by atoms with van der Waals surface area (Å²) in [6.45, 7) is 3.32. The summed E-state index contributed by atoms with van der Waals surface area (Å²) in [6, 6.07) is 9.71. The molecule has 4 aromatic rings. The summed E-state index contributed by atoms with van der Waals surface area (Å²) >= 11 is 1.54. The monoisotopic (exact) mass is 419 g/mol. The molecule has 1 saturated heterocycles. The highest BCUT2D eigenvalue weighted by Gasteiger charge is 2.30. The van der Waals surface area contributed by atoms with E-state index in [-0.39, 0.29) is 5.56 Å². The lowest BCUT2D eigenvalue weighted by Crippen LogP contribution is -2.40. The number of fused-ring (bicyclic) bond motifs is 5. The number of aromatic amines is 1. The lowest BCUT2D eigenvalue weighted by Gasteiger charge is -2.25. The smallest absolute Gasteiger partial charge is 0.279 e. The number of H-pyrrole nitrogens is 1. The Morgan fingerprint density at radius 1 is 1.03 bits per heavy atom. The van der Waals surface area contributed by atoms with Gasteiger partial charge in [-0.25, -0.2) is 9.97 Å². The predicted molar refractivity (Wildman–Crippen MR) is 119 cm³/mol. The van der Waals surface area contributed by atoms with Crippen molar-refractivity contribution in [3.63, 3.8) is 0 Å². The van der Waals surface area contributed by atoms with Crippen LogP contribution in [0.4, 0.5) is 5.82 Å². The number of aromatic nitrogens is 3. The third-order valence-electron chi connectivity index (χ3n) is 6.25. The van der Waals surface area contributed by atoms with Crippen LogP contribution in [0.25, 0.3) is 26.1 Å². The number of rotatable bonds is 2. The highest BCUT2D eigenvalue weighted by Crippen LogP contribution is 2.38. The van der Waals surface area contributed by atoms with Crippen LogP contribution in [0, 0.1) is 0 Å². The Morgan fingerprint density at radius 3 is 2.60 bits per heavy atom. The third kappa shape index (κ3) is 2.76. The van der Waals surface area contributed by atoms with E-state index in [0.29, 0.717) is 0 Å². The van der Waals surface area contributed by atoms with E-state index in [2.05, 4.69) is 9.88 Å². The van der Waals surface area contributed by atoms with E-state index >= 15 is 0 Å². The summed E-state index contributed by atoms with van der Waals surface area (Å²) < 4.78 is 7.93.